The number of ether oxygens (including phenoxy) is 3. The van der Waals surface area contributed by atoms with Gasteiger partial charge in [0.2, 0.25) is 0 Å². The molecule has 0 aliphatic carbocycles. The summed E-state index contributed by atoms with van der Waals surface area (Å²) in [5.41, 5.74) is -0.116. The van der Waals surface area contributed by atoms with Crippen LogP contribution >= 0.6 is 0 Å². The second-order valence-corrected chi connectivity index (χ2v) is 6.63. The Kier molecular flexibility index (Phi) is 13.7. The zero-order chi connectivity index (χ0) is 21.6. The molecule has 0 heterocycles. The first-order valence-corrected chi connectivity index (χ1v) is 8.94. The lowest BCUT2D eigenvalue weighted by atomic mass is 9.88. The van der Waals surface area contributed by atoms with Gasteiger partial charge in [-0.3, -0.25) is 0 Å². The largest absolute Gasteiger partial charge is 0.461 e. The van der Waals surface area contributed by atoms with Crippen LogP contribution in [0, 0.1) is 5.41 Å². The molecule has 0 spiro atoms. The zero-order valence-electron chi connectivity index (χ0n) is 17.6. The Morgan fingerprint density at radius 2 is 0.889 bits per heavy atom. The molecule has 6 heteroatoms. The van der Waals surface area contributed by atoms with Crippen molar-refractivity contribution in [3.05, 3.63) is 36.5 Å². The summed E-state index contributed by atoms with van der Waals surface area (Å²) in [6, 6.07) is 0. The van der Waals surface area contributed by atoms with Crippen LogP contribution in [0.5, 0.6) is 0 Å². The maximum Gasteiger partial charge on any atom is 0.333 e. The standard InChI is InChI=1S/C18H26O6.C3H8/c1-8-18(9-22-15(19)12(2)3,10-23-16(20)13(4)5)11-24-17(21)14(6)7;1-3-2/h2,4,6,8-11H2,1,3,5,7H3;3H2,1-2H3. The molecule has 0 unspecified atom stereocenters. The number of esters is 3. The molecule has 154 valence electrons. The Labute approximate surface area is 163 Å². The van der Waals surface area contributed by atoms with Gasteiger partial charge in [-0.1, -0.05) is 46.9 Å². The summed E-state index contributed by atoms with van der Waals surface area (Å²) in [7, 11) is 0. The number of hydrogen-bond donors (Lipinski definition) is 0. The van der Waals surface area contributed by atoms with Gasteiger partial charge >= 0.3 is 17.9 Å². The number of hydrogen-bond acceptors (Lipinski definition) is 6. The first-order valence-electron chi connectivity index (χ1n) is 8.94. The van der Waals surface area contributed by atoms with E-state index in [1.54, 1.807) is 0 Å². The van der Waals surface area contributed by atoms with Gasteiger partial charge in [0.25, 0.3) is 0 Å². The van der Waals surface area contributed by atoms with Crippen molar-refractivity contribution in [1.82, 2.24) is 0 Å². The predicted octanol–water partition coefficient (Wildman–Crippen LogP) is 4.16. The van der Waals surface area contributed by atoms with Crippen molar-refractivity contribution in [2.24, 2.45) is 5.41 Å². The molecule has 0 aliphatic rings. The molecule has 0 N–H and O–H groups in total. The van der Waals surface area contributed by atoms with Gasteiger partial charge in [-0.05, 0) is 27.2 Å². The Morgan fingerprint density at radius 3 is 1.04 bits per heavy atom. The van der Waals surface area contributed by atoms with E-state index in [2.05, 4.69) is 33.6 Å². The number of carbonyl (C=O) groups is 3. The van der Waals surface area contributed by atoms with Crippen molar-refractivity contribution < 1.29 is 28.6 Å². The van der Waals surface area contributed by atoms with Crippen LogP contribution in [0.25, 0.3) is 0 Å². The summed E-state index contributed by atoms with van der Waals surface area (Å²) < 4.78 is 15.5. The Bertz CT molecular complexity index is 485. The molecule has 0 rings (SSSR count). The molecule has 0 radical (unpaired) electrons. The molecule has 0 aromatic rings. The van der Waals surface area contributed by atoms with Crippen LogP contribution in [0.4, 0.5) is 0 Å². The molecule has 0 saturated carbocycles. The van der Waals surface area contributed by atoms with Crippen molar-refractivity contribution in [2.45, 2.75) is 54.4 Å². The summed E-state index contributed by atoms with van der Waals surface area (Å²) >= 11 is 0. The van der Waals surface area contributed by atoms with Gasteiger partial charge in [0.15, 0.2) is 0 Å². The molecule has 0 atom stereocenters. The highest BCUT2D eigenvalue weighted by Gasteiger charge is 2.34. The van der Waals surface area contributed by atoms with Gasteiger partial charge in [-0.25, -0.2) is 14.4 Å². The molecule has 6 nitrogen and oxygen atoms in total. The zero-order valence-corrected chi connectivity index (χ0v) is 17.6. The van der Waals surface area contributed by atoms with Crippen LogP contribution < -0.4 is 0 Å². The summed E-state index contributed by atoms with van der Waals surface area (Å²) in [6.07, 6.45) is 1.70. The van der Waals surface area contributed by atoms with Gasteiger partial charge < -0.3 is 14.2 Å². The molecule has 0 bridgehead atoms. The van der Waals surface area contributed by atoms with Crippen LogP contribution in [-0.4, -0.2) is 37.7 Å². The molecular formula is C21H34O6. The molecule has 27 heavy (non-hydrogen) atoms. The van der Waals surface area contributed by atoms with E-state index in [1.165, 1.54) is 27.2 Å². The topological polar surface area (TPSA) is 78.9 Å². The lowest BCUT2D eigenvalue weighted by molar-refractivity contribution is -0.157. The Balaban J connectivity index is 0. The van der Waals surface area contributed by atoms with Gasteiger partial charge in [0.05, 0.1) is 5.41 Å². The second-order valence-electron chi connectivity index (χ2n) is 6.63. The molecule has 0 aromatic carbocycles. The maximum absolute atomic E-state index is 11.6. The van der Waals surface area contributed by atoms with E-state index in [0.717, 1.165) is 0 Å². The summed E-state index contributed by atoms with van der Waals surface area (Å²) in [5.74, 6) is -1.69. The van der Waals surface area contributed by atoms with Crippen molar-refractivity contribution in [2.75, 3.05) is 19.8 Å². The van der Waals surface area contributed by atoms with Gasteiger partial charge in [0, 0.05) is 16.7 Å². The summed E-state index contributed by atoms with van der Waals surface area (Å²) in [6.45, 7) is 20.9. The third kappa shape index (κ3) is 11.8. The molecule has 0 fully saturated rings. The number of rotatable bonds is 10. The predicted molar refractivity (Wildman–Crippen MR) is 106 cm³/mol. The normalized spacial score (nSPS) is 10.0. The first kappa shape index (κ1) is 26.9. The van der Waals surface area contributed by atoms with E-state index < -0.39 is 23.3 Å². The van der Waals surface area contributed by atoms with Crippen LogP contribution in [0.1, 0.15) is 54.4 Å². The molecule has 0 saturated heterocycles. The van der Waals surface area contributed by atoms with E-state index in [4.69, 9.17) is 14.2 Å². The second kappa shape index (κ2) is 13.8. The monoisotopic (exact) mass is 382 g/mol. The lowest BCUT2D eigenvalue weighted by Gasteiger charge is -2.31. The van der Waals surface area contributed by atoms with Crippen LogP contribution in [0.3, 0.4) is 0 Å². The number of carbonyl (C=O) groups excluding carboxylic acids is 3. The highest BCUT2D eigenvalue weighted by molar-refractivity contribution is 5.88. The molecule has 0 amide bonds. The maximum atomic E-state index is 11.6. The average Bonchev–Trinajstić information content (AvgIpc) is 2.60. The van der Waals surface area contributed by atoms with Crippen molar-refractivity contribution >= 4 is 17.9 Å². The van der Waals surface area contributed by atoms with Gasteiger partial charge in [-0.2, -0.15) is 0 Å². The molecule has 0 aromatic heterocycles. The molecule has 0 aliphatic heterocycles. The highest BCUT2D eigenvalue weighted by Crippen LogP contribution is 2.25. The third-order valence-corrected chi connectivity index (χ3v) is 3.32. The summed E-state index contributed by atoms with van der Waals surface area (Å²) in [4.78, 5) is 34.9. The van der Waals surface area contributed by atoms with Gasteiger partial charge in [-0.15, -0.1) is 0 Å². The van der Waals surface area contributed by atoms with E-state index in [9.17, 15) is 14.4 Å². The smallest absolute Gasteiger partial charge is 0.333 e. The summed E-state index contributed by atoms with van der Waals surface area (Å²) in [5, 5.41) is 0. The average molecular weight is 382 g/mol. The lowest BCUT2D eigenvalue weighted by Crippen LogP contribution is -2.39. The van der Waals surface area contributed by atoms with E-state index in [0.29, 0.717) is 6.42 Å². The Hall–Kier alpha value is -2.37. The quantitative estimate of drug-likeness (QED) is 0.321. The van der Waals surface area contributed by atoms with E-state index in [-0.39, 0.29) is 36.5 Å². The minimum absolute atomic E-state index is 0.0812. The third-order valence-electron chi connectivity index (χ3n) is 3.32. The minimum atomic E-state index is -0.860. The van der Waals surface area contributed by atoms with E-state index >= 15 is 0 Å². The first-order chi connectivity index (χ1) is 12.5. The van der Waals surface area contributed by atoms with Gasteiger partial charge in [0.1, 0.15) is 19.8 Å². The fraction of sp³-hybridized carbons (Fsp3) is 0.571. The fourth-order valence-corrected chi connectivity index (χ4v) is 1.46. The van der Waals surface area contributed by atoms with Crippen molar-refractivity contribution in [3.63, 3.8) is 0 Å². The van der Waals surface area contributed by atoms with Crippen molar-refractivity contribution in [3.8, 4) is 0 Å². The van der Waals surface area contributed by atoms with Crippen LogP contribution in [0.15, 0.2) is 36.5 Å². The Morgan fingerprint density at radius 1 is 0.667 bits per heavy atom. The molecular weight excluding hydrogens is 348 g/mol. The van der Waals surface area contributed by atoms with Crippen LogP contribution in [-0.2, 0) is 28.6 Å². The van der Waals surface area contributed by atoms with Crippen LogP contribution in [0.2, 0.25) is 0 Å². The van der Waals surface area contributed by atoms with E-state index in [1.807, 2.05) is 6.92 Å². The van der Waals surface area contributed by atoms with Crippen molar-refractivity contribution in [1.29, 1.82) is 0 Å². The fourth-order valence-electron chi connectivity index (χ4n) is 1.46. The minimum Gasteiger partial charge on any atom is -0.461 e. The highest BCUT2D eigenvalue weighted by atomic mass is 16.6. The SMILES string of the molecule is C=C(C)C(=O)OCC(CC)(COC(=O)C(=C)C)COC(=O)C(=C)C.CCC.